The Balaban J connectivity index is 1.50. The number of pyridine rings is 1. The van der Waals surface area contributed by atoms with Crippen LogP contribution in [0, 0.1) is 5.82 Å². The van der Waals surface area contributed by atoms with Crippen molar-refractivity contribution in [3.05, 3.63) is 93.7 Å². The smallest absolute Gasteiger partial charge is 0.350 e. The molecule has 8 heteroatoms. The summed E-state index contributed by atoms with van der Waals surface area (Å²) in [6.07, 6.45) is 1.64. The van der Waals surface area contributed by atoms with Crippen molar-refractivity contribution in [2.45, 2.75) is 13.1 Å². The van der Waals surface area contributed by atoms with Crippen molar-refractivity contribution in [2.24, 2.45) is 0 Å². The fraction of sp³-hybridized carbons (Fsp3) is 0.0952. The van der Waals surface area contributed by atoms with Gasteiger partial charge in [-0.15, -0.1) is 5.10 Å². The molecular weight excluding hydrogens is 395 g/mol. The van der Waals surface area contributed by atoms with Gasteiger partial charge in [0.15, 0.2) is 5.65 Å². The van der Waals surface area contributed by atoms with Crippen molar-refractivity contribution in [1.29, 1.82) is 0 Å². The largest absolute Gasteiger partial charge is 0.350 e. The van der Waals surface area contributed by atoms with Gasteiger partial charge in [-0.25, -0.2) is 13.9 Å². The molecule has 0 aliphatic carbocycles. The third-order valence-corrected chi connectivity index (χ3v) is 4.77. The first kappa shape index (κ1) is 18.9. The van der Waals surface area contributed by atoms with Crippen LogP contribution in [-0.4, -0.2) is 20.1 Å². The molecule has 29 heavy (non-hydrogen) atoms. The third kappa shape index (κ3) is 4.05. The fourth-order valence-corrected chi connectivity index (χ4v) is 3.09. The van der Waals surface area contributed by atoms with E-state index in [0.717, 1.165) is 15.8 Å². The number of halogens is 2. The van der Waals surface area contributed by atoms with Crippen LogP contribution >= 0.6 is 11.6 Å². The molecule has 1 amide bonds. The molecule has 146 valence electrons. The molecule has 0 unspecified atom stereocenters. The number of hydrogen-bond acceptors (Lipinski definition) is 3. The Kier molecular flexibility index (Phi) is 5.14. The lowest BCUT2D eigenvalue weighted by atomic mass is 10.1. The molecular formula is C21H16ClFN4O2. The summed E-state index contributed by atoms with van der Waals surface area (Å²) in [4.78, 5) is 24.7. The van der Waals surface area contributed by atoms with E-state index in [1.807, 2.05) is 36.4 Å². The molecule has 0 atom stereocenters. The molecule has 0 bridgehead atoms. The van der Waals surface area contributed by atoms with Gasteiger partial charge in [-0.3, -0.25) is 9.20 Å². The molecule has 0 spiro atoms. The minimum atomic E-state index is -0.552. The summed E-state index contributed by atoms with van der Waals surface area (Å²) in [5, 5.41) is 6.91. The molecule has 0 fully saturated rings. The van der Waals surface area contributed by atoms with Crippen LogP contribution in [0.15, 0.2) is 71.7 Å². The Hall–Kier alpha value is -3.45. The molecule has 0 saturated carbocycles. The number of benzene rings is 2. The second-order valence-electron chi connectivity index (χ2n) is 6.48. The highest BCUT2D eigenvalue weighted by Gasteiger charge is 2.12. The normalized spacial score (nSPS) is 11.0. The minimum absolute atomic E-state index is 0.0196. The van der Waals surface area contributed by atoms with Gasteiger partial charge in [0.1, 0.15) is 12.4 Å². The average molecular weight is 411 g/mol. The average Bonchev–Trinajstić information content (AvgIpc) is 3.04. The second kappa shape index (κ2) is 7.89. The van der Waals surface area contributed by atoms with E-state index in [9.17, 15) is 14.0 Å². The Morgan fingerprint density at radius 2 is 1.86 bits per heavy atom. The SMILES string of the molecule is O=C(Cn1nc2cc(-c3ccccc3)ccn2c1=O)NCc1ccc(Cl)c(F)c1. The van der Waals surface area contributed by atoms with Crippen LogP contribution in [0.2, 0.25) is 5.02 Å². The van der Waals surface area contributed by atoms with Crippen LogP contribution in [0.4, 0.5) is 4.39 Å². The van der Waals surface area contributed by atoms with Gasteiger partial charge in [0.2, 0.25) is 5.91 Å². The van der Waals surface area contributed by atoms with Gasteiger partial charge in [0, 0.05) is 12.7 Å². The lowest BCUT2D eigenvalue weighted by Gasteiger charge is -2.05. The van der Waals surface area contributed by atoms with Gasteiger partial charge in [0.05, 0.1) is 5.02 Å². The van der Waals surface area contributed by atoms with Crippen LogP contribution in [0.25, 0.3) is 16.8 Å². The lowest BCUT2D eigenvalue weighted by molar-refractivity contribution is -0.122. The van der Waals surface area contributed by atoms with E-state index in [-0.39, 0.29) is 18.1 Å². The van der Waals surface area contributed by atoms with E-state index >= 15 is 0 Å². The summed E-state index contributed by atoms with van der Waals surface area (Å²) in [6.45, 7) is -0.121. The summed E-state index contributed by atoms with van der Waals surface area (Å²) < 4.78 is 16.0. The van der Waals surface area contributed by atoms with Crippen LogP contribution in [0.5, 0.6) is 0 Å². The van der Waals surface area contributed by atoms with Crippen molar-refractivity contribution in [3.63, 3.8) is 0 Å². The number of fused-ring (bicyclic) bond motifs is 1. The number of nitrogens with one attached hydrogen (secondary N) is 1. The predicted octanol–water partition coefficient (Wildman–Crippen LogP) is 3.27. The molecule has 6 nitrogen and oxygen atoms in total. The Bertz CT molecular complexity index is 1250. The fourth-order valence-electron chi connectivity index (χ4n) is 2.97. The van der Waals surface area contributed by atoms with Crippen molar-refractivity contribution in [3.8, 4) is 11.1 Å². The van der Waals surface area contributed by atoms with Crippen molar-refractivity contribution >= 4 is 23.2 Å². The lowest BCUT2D eigenvalue weighted by Crippen LogP contribution is -2.32. The molecule has 2 heterocycles. The number of hydrogen-bond donors (Lipinski definition) is 1. The molecule has 2 aromatic carbocycles. The van der Waals surface area contributed by atoms with Crippen molar-refractivity contribution < 1.29 is 9.18 Å². The summed E-state index contributed by atoms with van der Waals surface area (Å²) in [5.41, 5.74) is 2.53. The number of nitrogens with zero attached hydrogens (tertiary/aromatic N) is 3. The van der Waals surface area contributed by atoms with Gasteiger partial charge in [-0.05, 0) is 41.0 Å². The molecule has 4 aromatic rings. The van der Waals surface area contributed by atoms with Crippen LogP contribution in [0.3, 0.4) is 0 Å². The number of carbonyl (C=O) groups is 1. The summed E-state index contributed by atoms with van der Waals surface area (Å²) in [7, 11) is 0. The molecule has 2 aromatic heterocycles. The quantitative estimate of drug-likeness (QED) is 0.549. The highest BCUT2D eigenvalue weighted by atomic mass is 35.5. The number of amides is 1. The maximum Gasteiger partial charge on any atom is 0.350 e. The van der Waals surface area contributed by atoms with Gasteiger partial charge in [-0.2, -0.15) is 0 Å². The first-order valence-corrected chi connectivity index (χ1v) is 9.24. The Morgan fingerprint density at radius 3 is 2.62 bits per heavy atom. The molecule has 0 saturated heterocycles. The zero-order valence-corrected chi connectivity index (χ0v) is 15.9. The van der Waals surface area contributed by atoms with Crippen LogP contribution < -0.4 is 11.0 Å². The van der Waals surface area contributed by atoms with E-state index in [1.165, 1.54) is 16.5 Å². The number of aromatic nitrogens is 3. The van der Waals surface area contributed by atoms with Gasteiger partial charge in [0.25, 0.3) is 0 Å². The molecule has 0 aliphatic rings. The third-order valence-electron chi connectivity index (χ3n) is 4.46. The second-order valence-corrected chi connectivity index (χ2v) is 6.88. The van der Waals surface area contributed by atoms with Crippen molar-refractivity contribution in [2.75, 3.05) is 0 Å². The predicted molar refractivity (Wildman–Crippen MR) is 108 cm³/mol. The van der Waals surface area contributed by atoms with Gasteiger partial charge >= 0.3 is 5.69 Å². The summed E-state index contributed by atoms with van der Waals surface area (Å²) in [5.74, 6) is -0.960. The van der Waals surface area contributed by atoms with E-state index in [0.29, 0.717) is 11.2 Å². The molecule has 1 N–H and O–H groups in total. The Morgan fingerprint density at radius 1 is 1.07 bits per heavy atom. The van der Waals surface area contributed by atoms with E-state index in [1.54, 1.807) is 18.3 Å². The molecule has 0 aliphatic heterocycles. The maximum atomic E-state index is 13.5. The standard InChI is InChI=1S/C21H16ClFN4O2/c22-17-7-6-14(10-18(17)23)12-24-20(28)13-27-21(29)26-9-8-16(11-19(26)25-27)15-4-2-1-3-5-15/h1-11H,12-13H2,(H,24,28). The number of rotatable bonds is 5. The monoisotopic (exact) mass is 410 g/mol. The Labute approximate surface area is 170 Å². The number of carbonyl (C=O) groups excluding carboxylic acids is 1. The summed E-state index contributed by atoms with van der Waals surface area (Å²) >= 11 is 5.65. The van der Waals surface area contributed by atoms with Crippen LogP contribution in [-0.2, 0) is 17.9 Å². The maximum absolute atomic E-state index is 13.5. The van der Waals surface area contributed by atoms with Crippen molar-refractivity contribution in [1.82, 2.24) is 19.5 Å². The minimum Gasteiger partial charge on any atom is -0.350 e. The zero-order chi connectivity index (χ0) is 20.4. The molecule has 4 rings (SSSR count). The first-order valence-electron chi connectivity index (χ1n) is 8.86. The van der Waals surface area contributed by atoms with Gasteiger partial charge in [-0.1, -0.05) is 48.0 Å². The highest BCUT2D eigenvalue weighted by molar-refractivity contribution is 6.30. The van der Waals surface area contributed by atoms with E-state index in [2.05, 4.69) is 10.4 Å². The topological polar surface area (TPSA) is 68.4 Å². The highest BCUT2D eigenvalue weighted by Crippen LogP contribution is 2.19. The van der Waals surface area contributed by atoms with Crippen LogP contribution in [0.1, 0.15) is 5.56 Å². The van der Waals surface area contributed by atoms with E-state index in [4.69, 9.17) is 11.6 Å². The first-order chi connectivity index (χ1) is 14.0. The van der Waals surface area contributed by atoms with E-state index < -0.39 is 17.4 Å². The zero-order valence-electron chi connectivity index (χ0n) is 15.2. The molecule has 0 radical (unpaired) electrons. The van der Waals surface area contributed by atoms with Gasteiger partial charge < -0.3 is 5.32 Å². The summed E-state index contributed by atoms with van der Waals surface area (Å²) in [6, 6.07) is 17.6.